The summed E-state index contributed by atoms with van der Waals surface area (Å²) in [6.07, 6.45) is 4.74. The minimum absolute atomic E-state index is 0.00922. The number of carbonyl (C=O) groups excluding carboxylic acids is 1. The molecule has 1 aromatic carbocycles. The number of nitrogens with zero attached hydrogens (tertiary/aromatic N) is 2. The van der Waals surface area contributed by atoms with Crippen LogP contribution in [0.2, 0.25) is 5.02 Å². The van der Waals surface area contributed by atoms with Gasteiger partial charge in [-0.25, -0.2) is 0 Å². The van der Waals surface area contributed by atoms with E-state index in [4.69, 9.17) is 16.9 Å². The van der Waals surface area contributed by atoms with E-state index in [-0.39, 0.29) is 17.2 Å². The SMILES string of the molecule is N#C[C@@H]1CCCN(C(=O)C2(c3ccc(Cl)cc3)CCC2)C1. The fourth-order valence-electron chi connectivity index (χ4n) is 3.49. The molecule has 1 amide bonds. The van der Waals surface area contributed by atoms with E-state index in [1.54, 1.807) is 0 Å². The molecule has 3 nitrogen and oxygen atoms in total. The van der Waals surface area contributed by atoms with E-state index in [0.29, 0.717) is 11.6 Å². The number of likely N-dealkylation sites (tertiary alicyclic amines) is 1. The van der Waals surface area contributed by atoms with Crippen LogP contribution < -0.4 is 0 Å². The van der Waals surface area contributed by atoms with Crippen molar-refractivity contribution < 1.29 is 4.79 Å². The van der Waals surface area contributed by atoms with Crippen molar-refractivity contribution in [2.45, 2.75) is 37.5 Å². The highest BCUT2D eigenvalue weighted by atomic mass is 35.5. The minimum atomic E-state index is -0.373. The zero-order valence-corrected chi connectivity index (χ0v) is 12.8. The first-order chi connectivity index (χ1) is 10.2. The molecule has 0 bridgehead atoms. The molecule has 110 valence electrons. The highest BCUT2D eigenvalue weighted by molar-refractivity contribution is 6.30. The first-order valence-corrected chi connectivity index (χ1v) is 7.98. The van der Waals surface area contributed by atoms with Crippen molar-refractivity contribution in [2.75, 3.05) is 13.1 Å². The lowest BCUT2D eigenvalue weighted by molar-refractivity contribution is -0.142. The van der Waals surface area contributed by atoms with E-state index in [2.05, 4.69) is 6.07 Å². The second-order valence-electron chi connectivity index (χ2n) is 6.16. The molecule has 1 saturated heterocycles. The molecule has 1 aliphatic carbocycles. The van der Waals surface area contributed by atoms with Gasteiger partial charge in [0.1, 0.15) is 0 Å². The Bertz CT molecular complexity index is 571. The molecule has 0 radical (unpaired) electrons. The number of benzene rings is 1. The Labute approximate surface area is 130 Å². The molecule has 1 heterocycles. The van der Waals surface area contributed by atoms with Crippen LogP contribution in [0.1, 0.15) is 37.7 Å². The summed E-state index contributed by atoms with van der Waals surface area (Å²) in [7, 11) is 0. The third kappa shape index (κ3) is 2.53. The maximum Gasteiger partial charge on any atom is 0.233 e. The summed E-state index contributed by atoms with van der Waals surface area (Å²) in [5.74, 6) is 0.195. The molecular formula is C17H19ClN2O. The average Bonchev–Trinajstić information content (AvgIpc) is 2.48. The standard InChI is InChI=1S/C17H19ClN2O/c18-15-6-4-14(5-7-15)17(8-2-9-17)16(21)20-10-1-3-13(11-19)12-20/h4-7,13H,1-3,8-10,12H2/t13-/m0/s1. The summed E-state index contributed by atoms with van der Waals surface area (Å²) in [5, 5.41) is 9.81. The van der Waals surface area contributed by atoms with Gasteiger partial charge in [0.15, 0.2) is 0 Å². The van der Waals surface area contributed by atoms with Crippen molar-refractivity contribution >= 4 is 17.5 Å². The number of carbonyl (C=O) groups is 1. The Kier molecular flexibility index (Phi) is 3.91. The normalized spacial score (nSPS) is 24.0. The molecule has 2 aliphatic rings. The van der Waals surface area contributed by atoms with Gasteiger partial charge in [-0.3, -0.25) is 4.79 Å². The Balaban J connectivity index is 1.84. The Morgan fingerprint density at radius 1 is 1.29 bits per heavy atom. The summed E-state index contributed by atoms with van der Waals surface area (Å²) in [6.45, 7) is 1.37. The van der Waals surface area contributed by atoms with E-state index in [1.165, 1.54) is 0 Å². The van der Waals surface area contributed by atoms with Gasteiger partial charge in [0.05, 0.1) is 17.4 Å². The lowest BCUT2D eigenvalue weighted by Crippen LogP contribution is -2.53. The van der Waals surface area contributed by atoms with Crippen LogP contribution in [-0.2, 0) is 10.2 Å². The van der Waals surface area contributed by atoms with Crippen molar-refractivity contribution in [3.8, 4) is 6.07 Å². The maximum atomic E-state index is 13.0. The number of hydrogen-bond donors (Lipinski definition) is 0. The van der Waals surface area contributed by atoms with Crippen molar-refractivity contribution in [1.29, 1.82) is 5.26 Å². The molecule has 0 N–H and O–H groups in total. The summed E-state index contributed by atoms with van der Waals surface area (Å²) in [4.78, 5) is 14.9. The monoisotopic (exact) mass is 302 g/mol. The molecule has 0 spiro atoms. The van der Waals surface area contributed by atoms with E-state index < -0.39 is 0 Å². The zero-order chi connectivity index (χ0) is 14.9. The van der Waals surface area contributed by atoms with Crippen LogP contribution in [-0.4, -0.2) is 23.9 Å². The maximum absolute atomic E-state index is 13.0. The molecule has 1 atom stereocenters. The van der Waals surface area contributed by atoms with Crippen LogP contribution in [0.3, 0.4) is 0 Å². The van der Waals surface area contributed by atoms with Crippen LogP contribution in [0, 0.1) is 17.2 Å². The van der Waals surface area contributed by atoms with E-state index in [1.807, 2.05) is 29.2 Å². The second kappa shape index (κ2) is 5.69. The Morgan fingerprint density at radius 3 is 2.57 bits per heavy atom. The molecule has 3 rings (SSSR count). The van der Waals surface area contributed by atoms with Crippen molar-refractivity contribution in [3.63, 3.8) is 0 Å². The molecule has 0 unspecified atom stereocenters. The molecule has 1 saturated carbocycles. The summed E-state index contributed by atoms with van der Waals surface area (Å²) >= 11 is 5.96. The lowest BCUT2D eigenvalue weighted by atomic mass is 9.63. The largest absolute Gasteiger partial charge is 0.341 e. The smallest absolute Gasteiger partial charge is 0.233 e. The number of amides is 1. The van der Waals surface area contributed by atoms with Crippen LogP contribution in [0.15, 0.2) is 24.3 Å². The number of nitriles is 1. The molecule has 1 aliphatic heterocycles. The number of halogens is 1. The fourth-order valence-corrected chi connectivity index (χ4v) is 3.62. The topological polar surface area (TPSA) is 44.1 Å². The van der Waals surface area contributed by atoms with E-state index in [0.717, 1.165) is 44.2 Å². The molecule has 2 fully saturated rings. The molecule has 0 aromatic heterocycles. The van der Waals surface area contributed by atoms with Crippen LogP contribution in [0.25, 0.3) is 0 Å². The highest BCUT2D eigenvalue weighted by Gasteiger charge is 2.48. The minimum Gasteiger partial charge on any atom is -0.341 e. The van der Waals surface area contributed by atoms with Crippen molar-refractivity contribution in [1.82, 2.24) is 4.90 Å². The first kappa shape index (κ1) is 14.4. The highest BCUT2D eigenvalue weighted by Crippen LogP contribution is 2.45. The summed E-state index contributed by atoms with van der Waals surface area (Å²) in [5.41, 5.74) is 0.698. The quantitative estimate of drug-likeness (QED) is 0.839. The number of piperidine rings is 1. The Morgan fingerprint density at radius 2 is 2.00 bits per heavy atom. The van der Waals surface area contributed by atoms with Gasteiger partial charge in [0.2, 0.25) is 5.91 Å². The van der Waals surface area contributed by atoms with Crippen LogP contribution >= 0.6 is 11.6 Å². The van der Waals surface area contributed by atoms with Gasteiger partial charge in [0, 0.05) is 18.1 Å². The van der Waals surface area contributed by atoms with E-state index in [9.17, 15) is 4.79 Å². The lowest BCUT2D eigenvalue weighted by Gasteiger charge is -2.45. The molecular weight excluding hydrogens is 284 g/mol. The summed E-state index contributed by atoms with van der Waals surface area (Å²) < 4.78 is 0. The van der Waals surface area contributed by atoms with Gasteiger partial charge in [-0.2, -0.15) is 5.26 Å². The fraction of sp³-hybridized carbons (Fsp3) is 0.529. The van der Waals surface area contributed by atoms with Crippen LogP contribution in [0.4, 0.5) is 0 Å². The van der Waals surface area contributed by atoms with Crippen LogP contribution in [0.5, 0.6) is 0 Å². The van der Waals surface area contributed by atoms with Crippen molar-refractivity contribution in [2.24, 2.45) is 5.92 Å². The number of rotatable bonds is 2. The third-order valence-electron chi connectivity index (χ3n) is 4.90. The predicted molar refractivity (Wildman–Crippen MR) is 81.9 cm³/mol. The van der Waals surface area contributed by atoms with Gasteiger partial charge in [0.25, 0.3) is 0 Å². The molecule has 4 heteroatoms. The van der Waals surface area contributed by atoms with Crippen molar-refractivity contribution in [3.05, 3.63) is 34.9 Å². The second-order valence-corrected chi connectivity index (χ2v) is 6.60. The van der Waals surface area contributed by atoms with Gasteiger partial charge in [-0.1, -0.05) is 30.2 Å². The molecule has 1 aromatic rings. The predicted octanol–water partition coefficient (Wildman–Crippen LogP) is 3.52. The average molecular weight is 303 g/mol. The zero-order valence-electron chi connectivity index (χ0n) is 12.0. The molecule has 21 heavy (non-hydrogen) atoms. The summed E-state index contributed by atoms with van der Waals surface area (Å²) in [6, 6.07) is 9.99. The van der Waals surface area contributed by atoms with Gasteiger partial charge in [-0.05, 0) is 43.4 Å². The van der Waals surface area contributed by atoms with Gasteiger partial charge in [-0.15, -0.1) is 0 Å². The van der Waals surface area contributed by atoms with Gasteiger partial charge >= 0.3 is 0 Å². The number of hydrogen-bond acceptors (Lipinski definition) is 2. The van der Waals surface area contributed by atoms with E-state index >= 15 is 0 Å². The Hall–Kier alpha value is -1.53. The van der Waals surface area contributed by atoms with Gasteiger partial charge < -0.3 is 4.90 Å². The third-order valence-corrected chi connectivity index (χ3v) is 5.16. The first-order valence-electron chi connectivity index (χ1n) is 7.61.